The predicted octanol–water partition coefficient (Wildman–Crippen LogP) is 0.0400. The lowest BCUT2D eigenvalue weighted by Crippen LogP contribution is -3.00. The summed E-state index contributed by atoms with van der Waals surface area (Å²) in [5, 5.41) is 3.54. The van der Waals surface area contributed by atoms with Crippen LogP contribution < -0.4 is 39.6 Å². The van der Waals surface area contributed by atoms with Gasteiger partial charge in [0.05, 0.1) is 6.20 Å². The molecule has 0 spiro atoms. The SMILES string of the molecule is Cc1ccc(-c2nc3c[n+](CC(N)=O)ccn3c2Nc2c(C)cccc2C)o1.[I-]. The van der Waals surface area contributed by atoms with Crippen LogP contribution in [0.1, 0.15) is 16.9 Å². The molecule has 4 aromatic rings. The zero-order valence-electron chi connectivity index (χ0n) is 16.4. The summed E-state index contributed by atoms with van der Waals surface area (Å²) in [6.45, 7) is 6.13. The van der Waals surface area contributed by atoms with Crippen LogP contribution in [0.2, 0.25) is 0 Å². The molecule has 0 radical (unpaired) electrons. The van der Waals surface area contributed by atoms with Gasteiger partial charge in [0.2, 0.25) is 18.4 Å². The minimum Gasteiger partial charge on any atom is -1.00 e. The van der Waals surface area contributed by atoms with Crippen LogP contribution in [-0.4, -0.2) is 15.3 Å². The standard InChI is InChI=1S/C21H21N5O2.HI/c1-13-5-4-6-14(2)19(13)24-21-20(16-8-7-15(3)28-16)23-18-12-25(11-17(22)27)9-10-26(18)21;/h4-10,12H,11H2,1-3H3,(H2,22,27);1H. The van der Waals surface area contributed by atoms with Crippen molar-refractivity contribution in [3.63, 3.8) is 0 Å². The van der Waals surface area contributed by atoms with Crippen molar-refractivity contribution in [2.24, 2.45) is 5.73 Å². The fourth-order valence-electron chi connectivity index (χ4n) is 3.30. The first-order valence-corrected chi connectivity index (χ1v) is 9.02. The molecule has 0 saturated heterocycles. The molecule has 0 aliphatic rings. The molecular weight excluding hydrogens is 481 g/mol. The van der Waals surface area contributed by atoms with E-state index in [2.05, 4.69) is 31.3 Å². The van der Waals surface area contributed by atoms with E-state index >= 15 is 0 Å². The third-order valence-corrected chi connectivity index (χ3v) is 4.66. The van der Waals surface area contributed by atoms with Gasteiger partial charge in [0.1, 0.15) is 17.3 Å². The topological polar surface area (TPSA) is 89.4 Å². The van der Waals surface area contributed by atoms with Crippen LogP contribution in [0, 0.1) is 20.8 Å². The summed E-state index contributed by atoms with van der Waals surface area (Å²) in [6.07, 6.45) is 5.45. The molecule has 0 bridgehead atoms. The maximum absolute atomic E-state index is 11.3. The van der Waals surface area contributed by atoms with E-state index in [1.54, 1.807) is 17.0 Å². The summed E-state index contributed by atoms with van der Waals surface area (Å²) in [7, 11) is 0. The largest absolute Gasteiger partial charge is 1.00 e. The molecule has 0 aliphatic carbocycles. The van der Waals surface area contributed by atoms with Crippen LogP contribution in [0.25, 0.3) is 17.1 Å². The van der Waals surface area contributed by atoms with Gasteiger partial charge in [0, 0.05) is 5.69 Å². The van der Waals surface area contributed by atoms with Crippen molar-refractivity contribution < 1.29 is 37.8 Å². The molecule has 0 saturated carbocycles. The second-order valence-corrected chi connectivity index (χ2v) is 6.91. The van der Waals surface area contributed by atoms with Crippen molar-refractivity contribution in [3.8, 4) is 11.5 Å². The summed E-state index contributed by atoms with van der Waals surface area (Å²) in [5.74, 6) is 1.88. The normalized spacial score (nSPS) is 10.7. The van der Waals surface area contributed by atoms with E-state index in [0.29, 0.717) is 17.1 Å². The number of nitrogens with zero attached hydrogens (tertiary/aromatic N) is 3. The number of primary amides is 1. The fourth-order valence-corrected chi connectivity index (χ4v) is 3.30. The average Bonchev–Trinajstić information content (AvgIpc) is 3.21. The van der Waals surface area contributed by atoms with Crippen LogP contribution in [0.15, 0.2) is 53.3 Å². The number of rotatable bonds is 5. The molecule has 3 aromatic heterocycles. The van der Waals surface area contributed by atoms with Crippen molar-refractivity contribution >= 4 is 23.1 Å². The van der Waals surface area contributed by atoms with Crippen LogP contribution >= 0.6 is 0 Å². The number of benzene rings is 1. The summed E-state index contributed by atoms with van der Waals surface area (Å²) in [5.41, 5.74) is 10.0. The van der Waals surface area contributed by atoms with Crippen LogP contribution in [0.5, 0.6) is 0 Å². The lowest BCUT2D eigenvalue weighted by Gasteiger charge is -2.13. The lowest BCUT2D eigenvalue weighted by atomic mass is 10.1. The number of fused-ring (bicyclic) bond motifs is 1. The Morgan fingerprint density at radius 2 is 1.93 bits per heavy atom. The maximum atomic E-state index is 11.3. The van der Waals surface area contributed by atoms with Gasteiger partial charge in [0.15, 0.2) is 12.0 Å². The van der Waals surface area contributed by atoms with Crippen LogP contribution in [0.4, 0.5) is 11.5 Å². The Labute approximate surface area is 185 Å². The Morgan fingerprint density at radius 1 is 1.21 bits per heavy atom. The van der Waals surface area contributed by atoms with E-state index in [0.717, 1.165) is 28.4 Å². The lowest BCUT2D eigenvalue weighted by molar-refractivity contribution is -0.683. The fraction of sp³-hybridized carbons (Fsp3) is 0.190. The van der Waals surface area contributed by atoms with Gasteiger partial charge >= 0.3 is 0 Å². The third-order valence-electron chi connectivity index (χ3n) is 4.66. The Balaban J connectivity index is 0.00000240. The second-order valence-electron chi connectivity index (χ2n) is 6.91. The monoisotopic (exact) mass is 503 g/mol. The molecule has 0 aliphatic heterocycles. The quantitative estimate of drug-likeness (QED) is 0.298. The number of para-hydroxylation sites is 1. The van der Waals surface area contributed by atoms with E-state index in [1.165, 1.54) is 0 Å². The highest BCUT2D eigenvalue weighted by atomic mass is 127. The van der Waals surface area contributed by atoms with Gasteiger partial charge in [-0.05, 0) is 44.0 Å². The molecule has 1 aromatic carbocycles. The highest BCUT2D eigenvalue weighted by molar-refractivity contribution is 5.79. The molecule has 3 heterocycles. The van der Waals surface area contributed by atoms with Gasteiger partial charge in [-0.2, -0.15) is 4.57 Å². The zero-order valence-corrected chi connectivity index (χ0v) is 18.6. The second kappa shape index (κ2) is 8.24. The molecule has 7 nitrogen and oxygen atoms in total. The molecule has 3 N–H and O–H groups in total. The average molecular weight is 503 g/mol. The molecule has 29 heavy (non-hydrogen) atoms. The molecule has 0 atom stereocenters. The summed E-state index contributed by atoms with van der Waals surface area (Å²) < 4.78 is 9.49. The van der Waals surface area contributed by atoms with E-state index in [1.807, 2.05) is 35.7 Å². The van der Waals surface area contributed by atoms with Crippen molar-refractivity contribution in [3.05, 3.63) is 65.8 Å². The third kappa shape index (κ3) is 4.12. The predicted molar refractivity (Wildman–Crippen MR) is 106 cm³/mol. The Hall–Kier alpha value is -2.88. The zero-order chi connectivity index (χ0) is 19.8. The first-order chi connectivity index (χ1) is 13.4. The number of carbonyl (C=O) groups is 1. The smallest absolute Gasteiger partial charge is 0.283 e. The number of nitrogens with two attached hydrogens (primary N) is 1. The number of amides is 1. The molecular formula is C21H22IN5O2. The van der Waals surface area contributed by atoms with Crippen LogP contribution in [0.3, 0.4) is 0 Å². The minimum absolute atomic E-state index is 0. The highest BCUT2D eigenvalue weighted by Gasteiger charge is 2.20. The van der Waals surface area contributed by atoms with Gasteiger partial charge in [-0.15, -0.1) is 0 Å². The summed E-state index contributed by atoms with van der Waals surface area (Å²) in [4.78, 5) is 16.0. The number of halogens is 1. The number of nitrogens with one attached hydrogen (secondary N) is 1. The number of imidazole rings is 1. The van der Waals surface area contributed by atoms with Crippen molar-refractivity contribution in [1.82, 2.24) is 9.38 Å². The summed E-state index contributed by atoms with van der Waals surface area (Å²) >= 11 is 0. The van der Waals surface area contributed by atoms with E-state index in [-0.39, 0.29) is 30.5 Å². The van der Waals surface area contributed by atoms with Gasteiger partial charge in [0.25, 0.3) is 5.91 Å². The Kier molecular flexibility index (Phi) is 5.92. The molecule has 150 valence electrons. The maximum Gasteiger partial charge on any atom is 0.283 e. The Bertz CT molecular complexity index is 1170. The van der Waals surface area contributed by atoms with Gasteiger partial charge in [-0.3, -0.25) is 9.20 Å². The van der Waals surface area contributed by atoms with Gasteiger partial charge in [-0.25, -0.2) is 4.98 Å². The summed E-state index contributed by atoms with van der Waals surface area (Å²) in [6, 6.07) is 9.99. The van der Waals surface area contributed by atoms with Gasteiger partial charge in [-0.1, -0.05) is 18.2 Å². The van der Waals surface area contributed by atoms with E-state index in [4.69, 9.17) is 15.1 Å². The highest BCUT2D eigenvalue weighted by Crippen LogP contribution is 2.33. The first-order valence-electron chi connectivity index (χ1n) is 9.02. The molecule has 4 rings (SSSR count). The van der Waals surface area contributed by atoms with E-state index < -0.39 is 5.91 Å². The number of anilines is 2. The van der Waals surface area contributed by atoms with Crippen molar-refractivity contribution in [1.29, 1.82) is 0 Å². The van der Waals surface area contributed by atoms with E-state index in [9.17, 15) is 4.79 Å². The number of carbonyl (C=O) groups excluding carboxylic acids is 1. The number of aromatic nitrogens is 3. The molecule has 0 unspecified atom stereocenters. The minimum atomic E-state index is -0.406. The number of hydrogen-bond donors (Lipinski definition) is 2. The first kappa shape index (κ1) is 20.8. The molecule has 8 heteroatoms. The van der Waals surface area contributed by atoms with Crippen molar-refractivity contribution in [2.45, 2.75) is 27.3 Å². The number of furan rings is 1. The van der Waals surface area contributed by atoms with Crippen LogP contribution in [-0.2, 0) is 11.3 Å². The molecule has 0 fully saturated rings. The number of hydrogen-bond acceptors (Lipinski definition) is 4. The van der Waals surface area contributed by atoms with Gasteiger partial charge < -0.3 is 39.4 Å². The Morgan fingerprint density at radius 3 is 2.55 bits per heavy atom. The van der Waals surface area contributed by atoms with Crippen molar-refractivity contribution in [2.75, 3.05) is 5.32 Å². The molecule has 1 amide bonds. The number of aryl methyl sites for hydroxylation is 3.